The lowest BCUT2D eigenvalue weighted by atomic mass is 9.91. The summed E-state index contributed by atoms with van der Waals surface area (Å²) in [5, 5.41) is 7.84. The molecule has 1 aromatic heterocycles. The van der Waals surface area contributed by atoms with E-state index in [1.54, 1.807) is 30.6 Å². The number of nitrogens with zero attached hydrogens (tertiary/aromatic N) is 6. The molecule has 62 heavy (non-hydrogen) atoms. The summed E-state index contributed by atoms with van der Waals surface area (Å²) in [4.78, 5) is 11.8. The summed E-state index contributed by atoms with van der Waals surface area (Å²) in [6, 6.07) is 14.9. The first-order valence-corrected chi connectivity index (χ1v) is 22.4. The van der Waals surface area contributed by atoms with Gasteiger partial charge in [-0.25, -0.2) is 18.1 Å². The molecule has 2 fully saturated rings. The summed E-state index contributed by atoms with van der Waals surface area (Å²) in [6.07, 6.45) is 12.0. The number of anilines is 4. The molecular weight excluding hydrogens is 797 g/mol. The van der Waals surface area contributed by atoms with Crippen LogP contribution in [0.4, 0.5) is 31.7 Å². The third-order valence-corrected chi connectivity index (χ3v) is 12.8. The molecule has 0 bridgehead atoms. The molecule has 2 saturated heterocycles. The van der Waals surface area contributed by atoms with Crippen LogP contribution in [-0.4, -0.2) is 79.3 Å². The Balaban J connectivity index is 0.975. The minimum absolute atomic E-state index is 0.0775. The highest BCUT2D eigenvalue weighted by Crippen LogP contribution is 2.35. The first-order valence-electron chi connectivity index (χ1n) is 21.6. The minimum atomic E-state index is -0.382. The second kappa shape index (κ2) is 21.5. The Kier molecular flexibility index (Phi) is 15.9. The normalized spacial score (nSPS) is 17.3. The van der Waals surface area contributed by atoms with Crippen LogP contribution in [0.2, 0.25) is 0 Å². The molecule has 4 heterocycles. The first kappa shape index (κ1) is 45.9. The van der Waals surface area contributed by atoms with Crippen molar-refractivity contribution in [3.8, 4) is 0 Å². The van der Waals surface area contributed by atoms with E-state index in [4.69, 9.17) is 4.98 Å². The van der Waals surface area contributed by atoms with Gasteiger partial charge in [0.1, 0.15) is 11.6 Å². The molecule has 0 aliphatic carbocycles. The van der Waals surface area contributed by atoms with Crippen LogP contribution in [0.3, 0.4) is 0 Å². The van der Waals surface area contributed by atoms with Gasteiger partial charge in [-0.05, 0) is 113 Å². The lowest BCUT2D eigenvalue weighted by Gasteiger charge is -2.39. The predicted molar refractivity (Wildman–Crippen MR) is 261 cm³/mol. The van der Waals surface area contributed by atoms with Crippen molar-refractivity contribution in [2.75, 3.05) is 72.7 Å². The maximum atomic E-state index is 15.7. The van der Waals surface area contributed by atoms with E-state index in [-0.39, 0.29) is 17.7 Å². The van der Waals surface area contributed by atoms with E-state index in [0.29, 0.717) is 39.6 Å². The fourth-order valence-corrected chi connectivity index (χ4v) is 8.49. The second-order valence-corrected chi connectivity index (χ2v) is 17.6. The standard InChI is InChI=1S/C50H63F2N9S/c1-10-58(9)62-57-47-13-11-12-43(50(47)52)38(8)44-33-55-54-32-41(28-36(44)6)40-15-19-49(53-31-40)61-26-24-59(25-27-61)37(7)29-39-20-22-60(23-21-39)48-18-16-42(30-45(48)51)56-46(35(4)5)17-14-34(2)3/h11-13,15-16,18-19,28,30-33,39,46,55-57H,2,4,6-8,10,14,17,20-27,29H2,1,3,5,9H3/b41-28?,44-33+,54-32?. The molecule has 3 N–H and O–H groups in total. The third-order valence-electron chi connectivity index (χ3n) is 11.9. The van der Waals surface area contributed by atoms with Crippen LogP contribution < -0.4 is 25.3 Å². The van der Waals surface area contributed by atoms with Gasteiger partial charge in [-0.1, -0.05) is 56.5 Å². The molecule has 0 radical (unpaired) electrons. The van der Waals surface area contributed by atoms with Gasteiger partial charge in [-0.2, -0.15) is 5.10 Å². The van der Waals surface area contributed by atoms with Crippen LogP contribution in [0.15, 0.2) is 133 Å². The molecule has 0 saturated carbocycles. The molecule has 0 amide bonds. The fraction of sp³-hybridized carbons (Fsp3) is 0.360. The monoisotopic (exact) mass is 859 g/mol. The van der Waals surface area contributed by atoms with Crippen LogP contribution in [0.1, 0.15) is 64.0 Å². The van der Waals surface area contributed by atoms with Crippen molar-refractivity contribution < 1.29 is 8.78 Å². The Morgan fingerprint density at radius 2 is 1.74 bits per heavy atom. The van der Waals surface area contributed by atoms with E-state index < -0.39 is 0 Å². The topological polar surface area (TPSA) is 74.3 Å². The lowest BCUT2D eigenvalue weighted by Crippen LogP contribution is -2.46. The maximum Gasteiger partial charge on any atom is 0.154 e. The van der Waals surface area contributed by atoms with Crippen molar-refractivity contribution >= 4 is 52.4 Å². The molecule has 6 rings (SSSR count). The number of rotatable bonds is 18. The SMILES string of the molecule is C=C(C)CCC(Nc1ccc(N2CCC(CC(=C)N3CCN(c4ccc(C5=CC(=C)/C(C(=C)c6cccc(NSN(C)CC)c6F)=C\NN=C5)cn4)CC3)CC2)c(F)c1)C(=C)C. The largest absolute Gasteiger partial charge is 0.378 e. The molecule has 1 atom stereocenters. The molecule has 3 aromatic rings. The number of aromatic nitrogens is 1. The van der Waals surface area contributed by atoms with Gasteiger partial charge < -0.3 is 24.7 Å². The Labute approximate surface area is 372 Å². The first-order chi connectivity index (χ1) is 29.8. The number of hydrogen-bond donors (Lipinski definition) is 3. The van der Waals surface area contributed by atoms with Gasteiger partial charge in [0.25, 0.3) is 0 Å². The summed E-state index contributed by atoms with van der Waals surface area (Å²) >= 11 is 1.34. The highest BCUT2D eigenvalue weighted by atomic mass is 32.2. The number of allylic oxidation sites excluding steroid dienone is 7. The summed E-state index contributed by atoms with van der Waals surface area (Å²) in [7, 11) is 1.94. The summed E-state index contributed by atoms with van der Waals surface area (Å²) in [5.41, 5.74) is 12.0. The van der Waals surface area contributed by atoms with E-state index in [1.807, 2.05) is 74.7 Å². The number of pyridine rings is 1. The highest BCUT2D eigenvalue weighted by Gasteiger charge is 2.26. The zero-order valence-electron chi connectivity index (χ0n) is 37.0. The molecule has 3 aliphatic rings. The van der Waals surface area contributed by atoms with Gasteiger partial charge in [0.2, 0.25) is 0 Å². The van der Waals surface area contributed by atoms with Crippen molar-refractivity contribution in [3.05, 3.63) is 151 Å². The quantitative estimate of drug-likeness (QED) is 0.0856. The summed E-state index contributed by atoms with van der Waals surface area (Å²) in [5.74, 6) is 0.867. The fourth-order valence-electron chi connectivity index (χ4n) is 7.95. The average molecular weight is 860 g/mol. The minimum Gasteiger partial charge on any atom is -0.378 e. The van der Waals surface area contributed by atoms with Crippen molar-refractivity contribution in [1.29, 1.82) is 0 Å². The Morgan fingerprint density at radius 1 is 0.984 bits per heavy atom. The average Bonchev–Trinajstić information content (AvgIpc) is 3.26. The van der Waals surface area contributed by atoms with E-state index in [2.05, 4.69) is 68.2 Å². The van der Waals surface area contributed by atoms with E-state index in [0.717, 1.165) is 112 Å². The zero-order valence-corrected chi connectivity index (χ0v) is 37.8. The second-order valence-electron chi connectivity index (χ2n) is 16.6. The van der Waals surface area contributed by atoms with Gasteiger partial charge in [0.05, 0.1) is 17.6 Å². The molecule has 3 aliphatic heterocycles. The van der Waals surface area contributed by atoms with Crippen molar-refractivity contribution in [2.24, 2.45) is 11.0 Å². The Hall–Kier alpha value is -5.59. The lowest BCUT2D eigenvalue weighted by molar-refractivity contribution is 0.285. The zero-order chi connectivity index (χ0) is 44.3. The highest BCUT2D eigenvalue weighted by molar-refractivity contribution is 7.98. The predicted octanol–water partition coefficient (Wildman–Crippen LogP) is 11.1. The Morgan fingerprint density at radius 3 is 2.40 bits per heavy atom. The van der Waals surface area contributed by atoms with Crippen molar-refractivity contribution in [1.82, 2.24) is 19.6 Å². The molecular formula is C50H63F2N9S. The number of piperidine rings is 1. The molecule has 1 unspecified atom stereocenters. The number of nitrogens with one attached hydrogen (secondary N) is 3. The van der Waals surface area contributed by atoms with Crippen molar-refractivity contribution in [3.63, 3.8) is 0 Å². The number of benzene rings is 2. The molecule has 9 nitrogen and oxygen atoms in total. The van der Waals surface area contributed by atoms with Crippen LogP contribution in [-0.2, 0) is 0 Å². The van der Waals surface area contributed by atoms with Gasteiger partial charge in [0.15, 0.2) is 5.82 Å². The number of hydrogen-bond acceptors (Lipinski definition) is 10. The summed E-state index contributed by atoms with van der Waals surface area (Å²) in [6.45, 7) is 33.2. The summed E-state index contributed by atoms with van der Waals surface area (Å²) < 4.78 is 36.1. The van der Waals surface area contributed by atoms with Gasteiger partial charge >= 0.3 is 0 Å². The molecule has 328 valence electrons. The smallest absolute Gasteiger partial charge is 0.154 e. The number of hydrazone groups is 1. The maximum absolute atomic E-state index is 15.7. The number of halogens is 2. The van der Waals surface area contributed by atoms with Gasteiger partial charge in [-0.15, -0.1) is 6.58 Å². The van der Waals surface area contributed by atoms with Gasteiger partial charge in [0, 0.05) is 110 Å². The third kappa shape index (κ3) is 11.9. The van der Waals surface area contributed by atoms with Gasteiger partial charge in [-0.3, -0.25) is 5.43 Å². The van der Waals surface area contributed by atoms with E-state index in [9.17, 15) is 0 Å². The van der Waals surface area contributed by atoms with Crippen LogP contribution in [0, 0.1) is 17.6 Å². The molecule has 2 aromatic carbocycles. The Bertz CT molecular complexity index is 2210. The van der Waals surface area contributed by atoms with Crippen LogP contribution >= 0.6 is 12.1 Å². The van der Waals surface area contributed by atoms with Crippen molar-refractivity contribution in [2.45, 2.75) is 58.9 Å². The van der Waals surface area contributed by atoms with E-state index >= 15 is 8.78 Å². The van der Waals surface area contributed by atoms with Crippen LogP contribution in [0.5, 0.6) is 0 Å². The van der Waals surface area contributed by atoms with Crippen LogP contribution in [0.25, 0.3) is 11.1 Å². The van der Waals surface area contributed by atoms with E-state index in [1.165, 1.54) is 17.8 Å². The molecule has 12 heteroatoms. The molecule has 0 spiro atoms. The number of piperazine rings is 1.